The Balaban J connectivity index is 4.42. The van der Waals surface area contributed by atoms with Gasteiger partial charge in [0.25, 0.3) is 0 Å². The molecule has 0 fully saturated rings. The molecule has 5 atom stereocenters. The summed E-state index contributed by atoms with van der Waals surface area (Å²) >= 11 is 0. The van der Waals surface area contributed by atoms with Crippen LogP contribution in [-0.4, -0.2) is 95.9 Å². The zero-order chi connectivity index (χ0) is 87.9. The lowest BCUT2D eigenvalue weighted by Gasteiger charge is -2.21. The van der Waals surface area contributed by atoms with E-state index < -0.39 is 91.5 Å². The Morgan fingerprint density at radius 2 is 0.413 bits per heavy atom. The van der Waals surface area contributed by atoms with E-state index in [2.05, 4.69) is 203 Å². The van der Waals surface area contributed by atoms with Crippen LogP contribution in [-0.2, 0) is 55.8 Å². The zero-order valence-corrected chi connectivity index (χ0v) is 78.2. The van der Waals surface area contributed by atoms with Gasteiger partial charge >= 0.3 is 33.6 Å². The van der Waals surface area contributed by atoms with Gasteiger partial charge in [-0.3, -0.25) is 32.5 Å². The van der Waals surface area contributed by atoms with Gasteiger partial charge in [-0.2, -0.15) is 0 Å². The van der Waals surface area contributed by atoms with Crippen LogP contribution in [0.15, 0.2) is 182 Å². The molecule has 0 aromatic heterocycles. The molecule has 692 valence electrons. The molecule has 0 aliphatic rings. The predicted octanol–water partition coefficient (Wildman–Crippen LogP) is 30.0. The lowest BCUT2D eigenvalue weighted by Crippen LogP contribution is -2.30. The quantitative estimate of drug-likeness (QED) is 0.0146. The molecule has 0 aliphatic heterocycles. The van der Waals surface area contributed by atoms with Crippen molar-refractivity contribution in [2.24, 2.45) is 0 Å². The molecular formula is C103H174O16P2. The van der Waals surface area contributed by atoms with Crippen molar-refractivity contribution in [2.75, 3.05) is 39.6 Å². The molecule has 0 aromatic carbocycles. The molecule has 16 nitrogen and oxygen atoms in total. The van der Waals surface area contributed by atoms with Crippen LogP contribution in [0, 0.1) is 0 Å². The fourth-order valence-corrected chi connectivity index (χ4v) is 14.5. The largest absolute Gasteiger partial charge is 0.472 e. The number of allylic oxidation sites excluding steroid dienone is 30. The van der Waals surface area contributed by atoms with E-state index in [1.165, 1.54) is 167 Å². The van der Waals surface area contributed by atoms with Crippen molar-refractivity contribution in [2.45, 2.75) is 411 Å². The Bertz CT molecular complexity index is 2930. The maximum atomic E-state index is 13.0. The van der Waals surface area contributed by atoms with Gasteiger partial charge in [-0.05, 0) is 154 Å². The number of rotatable bonds is 90. The number of phosphoric ester groups is 2. The smallest absolute Gasteiger partial charge is 0.463 e. The SMILES string of the molecule is CC/C=C\C/C=C\C/C=C\C/C=C\C/C=C\C/C=C\CCCCCCCCCCCCCCCCCCC(=O)OCC(O)COP(=O)(O)OCC(O)COP(=O)(O)OCC(COC(=O)CCCCCCCCCCCCCCCCCC/C=C\C/C=C\C/C=C\C/C=C\C/C=C\C/C=C\CC)OC(=O)CCCCCCC/C=C\C/C=C\C/C=C\CC. The van der Waals surface area contributed by atoms with Crippen molar-refractivity contribution in [3.05, 3.63) is 182 Å². The molecule has 0 spiro atoms. The molecule has 0 amide bonds. The number of esters is 3. The number of aliphatic hydroxyl groups excluding tert-OH is 2. The number of phosphoric acid groups is 2. The second-order valence-corrected chi connectivity index (χ2v) is 34.6. The second kappa shape index (κ2) is 93.8. The molecule has 18 heteroatoms. The van der Waals surface area contributed by atoms with Gasteiger partial charge in [0.15, 0.2) is 6.10 Å². The molecule has 0 radical (unpaired) electrons. The van der Waals surface area contributed by atoms with Crippen molar-refractivity contribution in [3.63, 3.8) is 0 Å². The van der Waals surface area contributed by atoms with E-state index in [9.17, 15) is 43.5 Å². The van der Waals surface area contributed by atoms with Crippen molar-refractivity contribution in [1.82, 2.24) is 0 Å². The average Bonchev–Trinajstić information content (AvgIpc) is 0.890. The van der Waals surface area contributed by atoms with Gasteiger partial charge in [0.05, 0.1) is 26.4 Å². The average molecular weight is 1730 g/mol. The van der Waals surface area contributed by atoms with Gasteiger partial charge < -0.3 is 34.2 Å². The minimum atomic E-state index is -4.95. The van der Waals surface area contributed by atoms with Crippen LogP contribution in [0.2, 0.25) is 0 Å². The Hall–Kier alpha value is -5.35. The summed E-state index contributed by atoms with van der Waals surface area (Å²) in [5.41, 5.74) is 0. The van der Waals surface area contributed by atoms with Crippen LogP contribution in [0.3, 0.4) is 0 Å². The Labute approximate surface area is 738 Å². The third-order valence-electron chi connectivity index (χ3n) is 20.1. The highest BCUT2D eigenvalue weighted by Gasteiger charge is 2.30. The number of hydrogen-bond acceptors (Lipinski definition) is 14. The highest BCUT2D eigenvalue weighted by molar-refractivity contribution is 7.47. The molecule has 0 aromatic rings. The number of aliphatic hydroxyl groups is 2. The van der Waals surface area contributed by atoms with Crippen molar-refractivity contribution < 1.29 is 75.8 Å². The first kappa shape index (κ1) is 116. The van der Waals surface area contributed by atoms with Crippen LogP contribution in [0.5, 0.6) is 0 Å². The fourth-order valence-electron chi connectivity index (χ4n) is 12.9. The van der Waals surface area contributed by atoms with Crippen molar-refractivity contribution in [1.29, 1.82) is 0 Å². The molecule has 0 saturated heterocycles. The molecule has 0 saturated carbocycles. The first-order valence-electron chi connectivity index (χ1n) is 48.1. The van der Waals surface area contributed by atoms with Gasteiger partial charge in [0.2, 0.25) is 0 Å². The van der Waals surface area contributed by atoms with E-state index in [0.29, 0.717) is 19.3 Å². The summed E-state index contributed by atoms with van der Waals surface area (Å²) < 4.78 is 61.4. The monoisotopic (exact) mass is 1730 g/mol. The molecular weight excluding hydrogens is 1560 g/mol. The number of carbonyl (C=O) groups is 3. The van der Waals surface area contributed by atoms with Crippen LogP contribution < -0.4 is 0 Å². The van der Waals surface area contributed by atoms with Gasteiger partial charge in [-0.15, -0.1) is 0 Å². The van der Waals surface area contributed by atoms with E-state index in [-0.39, 0.29) is 19.3 Å². The molecule has 121 heavy (non-hydrogen) atoms. The fraction of sp³-hybridized carbons (Fsp3) is 0.680. The summed E-state index contributed by atoms with van der Waals surface area (Å²) in [5, 5.41) is 20.7. The number of ether oxygens (including phenoxy) is 3. The van der Waals surface area contributed by atoms with Gasteiger partial charge in [0, 0.05) is 19.3 Å². The Morgan fingerprint density at radius 1 is 0.231 bits per heavy atom. The topological polar surface area (TPSA) is 231 Å². The van der Waals surface area contributed by atoms with E-state index in [4.69, 9.17) is 32.3 Å². The summed E-state index contributed by atoms with van der Waals surface area (Å²) in [6.45, 7) is 2.36. The van der Waals surface area contributed by atoms with E-state index in [1.54, 1.807) is 0 Å². The first-order chi connectivity index (χ1) is 59.2. The third kappa shape index (κ3) is 95.2. The summed E-state index contributed by atoms with van der Waals surface area (Å²) in [4.78, 5) is 59.0. The number of carbonyl (C=O) groups excluding carboxylic acids is 3. The second-order valence-electron chi connectivity index (χ2n) is 31.7. The minimum absolute atomic E-state index is 0.0828. The van der Waals surface area contributed by atoms with Gasteiger partial charge in [-0.25, -0.2) is 9.13 Å². The molecule has 4 N–H and O–H groups in total. The maximum Gasteiger partial charge on any atom is 0.472 e. The summed E-state index contributed by atoms with van der Waals surface area (Å²) in [6, 6.07) is 0. The highest BCUT2D eigenvalue weighted by Crippen LogP contribution is 2.45. The lowest BCUT2D eigenvalue weighted by molar-refractivity contribution is -0.161. The van der Waals surface area contributed by atoms with E-state index in [0.717, 1.165) is 167 Å². The van der Waals surface area contributed by atoms with Gasteiger partial charge in [-0.1, -0.05) is 402 Å². The molecule has 0 bridgehead atoms. The molecule has 0 aliphatic carbocycles. The van der Waals surface area contributed by atoms with Gasteiger partial charge in [0.1, 0.15) is 25.4 Å². The van der Waals surface area contributed by atoms with Crippen LogP contribution in [0.25, 0.3) is 0 Å². The highest BCUT2D eigenvalue weighted by atomic mass is 31.2. The zero-order valence-electron chi connectivity index (χ0n) is 76.4. The van der Waals surface area contributed by atoms with Crippen LogP contribution >= 0.6 is 15.6 Å². The molecule has 0 rings (SSSR count). The predicted molar refractivity (Wildman–Crippen MR) is 509 cm³/mol. The Kier molecular flexibility index (Phi) is 89.6. The van der Waals surface area contributed by atoms with E-state index >= 15 is 0 Å². The van der Waals surface area contributed by atoms with Crippen LogP contribution in [0.4, 0.5) is 0 Å². The molecule has 0 heterocycles. The van der Waals surface area contributed by atoms with Crippen molar-refractivity contribution in [3.8, 4) is 0 Å². The number of hydrogen-bond donors (Lipinski definition) is 4. The summed E-state index contributed by atoms with van der Waals surface area (Å²) in [5.74, 6) is -1.59. The molecule has 5 unspecified atom stereocenters. The first-order valence-corrected chi connectivity index (χ1v) is 51.1. The van der Waals surface area contributed by atoms with Crippen molar-refractivity contribution >= 4 is 33.6 Å². The maximum absolute atomic E-state index is 13.0. The summed E-state index contributed by atoms with van der Waals surface area (Å²) in [6.07, 6.45) is 124. The minimum Gasteiger partial charge on any atom is -0.463 e. The van der Waals surface area contributed by atoms with Crippen LogP contribution in [0.1, 0.15) is 393 Å². The summed E-state index contributed by atoms with van der Waals surface area (Å²) in [7, 11) is -9.81. The third-order valence-corrected chi connectivity index (χ3v) is 22.0. The lowest BCUT2D eigenvalue weighted by atomic mass is 10.0. The standard InChI is InChI=1S/C103H174O16P2/c1-4-7-10-13-16-19-22-25-28-30-32-34-36-38-40-42-44-46-48-50-52-54-56-58-60-62-64-66-69-71-74-77-80-83-86-89-101(106)113-92-98(104)93-115-120(109,110)116-94-99(105)95-117-121(111,112)118-97-100(119-103(108)91-88-85-82-79-76-73-68-27-24-21-18-15-12-9-6-3)96-114-102(107)90-87-84-81-78-75-72-70-67-65-63-61-59-57-55-53-51-49-47-45-43-41-39-37-35-33-31-29-26-23-20-17-14-11-8-5-2/h7-12,16-21,25-29,32-35,38-41,44-47,68,98-100,104-105H,4-6,13-15,22-24,30-31,36-37,42-43,48-67,69-97H2,1-3H3,(H,109,110)(H,111,112)/b10-7-,11-8-,12-9-,19-16-,20-17-,21-18-,28-25-,29-26-,34-32-,35-33-,40-38-,41-39-,46-44-,47-45-,68-27-. The Morgan fingerprint density at radius 3 is 0.653 bits per heavy atom. The van der Waals surface area contributed by atoms with E-state index in [1.807, 2.05) is 0 Å². The normalized spacial score (nSPS) is 14.5. The number of unbranched alkanes of at least 4 members (excludes halogenated alkanes) is 37.